The standard InChI is InChI=1S/C11H11N5O4/c12-11-14-9-7(10(20)15-11)13-3-16(9)5-1-6(18)4(2-17)8(5)19/h3,5,17-18H,1-2H2,(H3,12,14,15,20)/t5-/m0/s1. The molecule has 0 saturated heterocycles. The number of hydrogen-bond donors (Lipinski definition) is 4. The van der Waals surface area contributed by atoms with Crippen molar-refractivity contribution in [2.24, 2.45) is 0 Å². The zero-order valence-electron chi connectivity index (χ0n) is 10.2. The third-order valence-corrected chi connectivity index (χ3v) is 3.28. The van der Waals surface area contributed by atoms with Gasteiger partial charge in [0.25, 0.3) is 5.56 Å². The number of aliphatic hydroxyl groups excluding tert-OH is 2. The van der Waals surface area contributed by atoms with Gasteiger partial charge >= 0.3 is 0 Å². The first-order valence-electron chi connectivity index (χ1n) is 5.81. The maximum atomic E-state index is 12.1. The molecule has 0 unspecified atom stereocenters. The van der Waals surface area contributed by atoms with E-state index in [9.17, 15) is 14.7 Å². The van der Waals surface area contributed by atoms with Crippen molar-refractivity contribution < 1.29 is 15.0 Å². The summed E-state index contributed by atoms with van der Waals surface area (Å²) in [6.45, 7) is -0.538. The molecule has 0 aromatic carbocycles. The van der Waals surface area contributed by atoms with E-state index in [4.69, 9.17) is 10.8 Å². The van der Waals surface area contributed by atoms with Crippen LogP contribution in [-0.4, -0.2) is 42.1 Å². The number of anilines is 1. The number of imidazole rings is 1. The van der Waals surface area contributed by atoms with Gasteiger partial charge in [0.1, 0.15) is 11.8 Å². The predicted octanol–water partition coefficient (Wildman–Crippen LogP) is -0.980. The summed E-state index contributed by atoms with van der Waals surface area (Å²) in [7, 11) is 0. The fourth-order valence-corrected chi connectivity index (χ4v) is 2.31. The number of Topliss-reactive ketones (excluding diaryl/α,β-unsaturated/α-hetero) is 1. The van der Waals surface area contributed by atoms with Crippen molar-refractivity contribution in [3.05, 3.63) is 28.0 Å². The predicted molar refractivity (Wildman–Crippen MR) is 68.0 cm³/mol. The number of H-pyrrole nitrogens is 1. The highest BCUT2D eigenvalue weighted by Crippen LogP contribution is 2.31. The average molecular weight is 277 g/mol. The maximum absolute atomic E-state index is 12.1. The minimum absolute atomic E-state index is 0.0224. The Labute approximate surface area is 111 Å². The fraction of sp³-hybridized carbons (Fsp3) is 0.273. The number of ketones is 1. The number of aliphatic hydroxyl groups is 2. The molecule has 3 rings (SSSR count). The van der Waals surface area contributed by atoms with Gasteiger partial charge in [0, 0.05) is 6.42 Å². The van der Waals surface area contributed by atoms with E-state index in [1.165, 1.54) is 10.9 Å². The van der Waals surface area contributed by atoms with Gasteiger partial charge in [-0.3, -0.25) is 14.6 Å². The molecule has 5 N–H and O–H groups in total. The molecular weight excluding hydrogens is 266 g/mol. The third-order valence-electron chi connectivity index (χ3n) is 3.28. The lowest BCUT2D eigenvalue weighted by Crippen LogP contribution is -2.18. The van der Waals surface area contributed by atoms with Crippen LogP contribution in [0.4, 0.5) is 5.95 Å². The van der Waals surface area contributed by atoms with Gasteiger partial charge in [-0.25, -0.2) is 4.98 Å². The molecule has 2 aromatic heterocycles. The van der Waals surface area contributed by atoms with E-state index in [1.807, 2.05) is 0 Å². The summed E-state index contributed by atoms with van der Waals surface area (Å²) in [4.78, 5) is 33.9. The topological polar surface area (TPSA) is 147 Å². The minimum atomic E-state index is -0.782. The van der Waals surface area contributed by atoms with Crippen LogP contribution in [0.5, 0.6) is 0 Å². The number of rotatable bonds is 2. The molecule has 0 fully saturated rings. The Balaban J connectivity index is 2.14. The monoisotopic (exact) mass is 277 g/mol. The van der Waals surface area contributed by atoms with Crippen molar-refractivity contribution in [3.8, 4) is 0 Å². The van der Waals surface area contributed by atoms with E-state index in [-0.39, 0.29) is 34.9 Å². The molecule has 0 bridgehead atoms. The molecule has 0 spiro atoms. The fourth-order valence-electron chi connectivity index (χ4n) is 2.31. The van der Waals surface area contributed by atoms with Crippen molar-refractivity contribution >= 4 is 22.9 Å². The summed E-state index contributed by atoms with van der Waals surface area (Å²) in [5.41, 5.74) is 5.16. The van der Waals surface area contributed by atoms with Crippen LogP contribution in [0.25, 0.3) is 11.2 Å². The largest absolute Gasteiger partial charge is 0.512 e. The molecule has 9 nitrogen and oxygen atoms in total. The molecule has 1 atom stereocenters. The Kier molecular flexibility index (Phi) is 2.57. The first kappa shape index (κ1) is 12.4. The van der Waals surface area contributed by atoms with E-state index in [2.05, 4.69) is 15.0 Å². The van der Waals surface area contributed by atoms with Gasteiger partial charge in [0.2, 0.25) is 5.95 Å². The molecule has 0 saturated carbocycles. The van der Waals surface area contributed by atoms with Gasteiger partial charge in [-0.15, -0.1) is 0 Å². The van der Waals surface area contributed by atoms with E-state index in [0.717, 1.165) is 0 Å². The highest BCUT2D eigenvalue weighted by Gasteiger charge is 2.35. The maximum Gasteiger partial charge on any atom is 0.280 e. The van der Waals surface area contributed by atoms with Crippen LogP contribution >= 0.6 is 0 Å². The summed E-state index contributed by atoms with van der Waals surface area (Å²) < 4.78 is 1.38. The Morgan fingerprint density at radius 2 is 2.25 bits per heavy atom. The Bertz CT molecular complexity index is 803. The molecule has 0 radical (unpaired) electrons. The van der Waals surface area contributed by atoms with Crippen molar-refractivity contribution in [2.75, 3.05) is 12.3 Å². The van der Waals surface area contributed by atoms with Crippen LogP contribution in [0.2, 0.25) is 0 Å². The first-order chi connectivity index (χ1) is 9.52. The molecule has 0 aliphatic heterocycles. The van der Waals surface area contributed by atoms with E-state index in [0.29, 0.717) is 0 Å². The zero-order valence-corrected chi connectivity index (χ0v) is 10.2. The second kappa shape index (κ2) is 4.17. The van der Waals surface area contributed by atoms with Crippen molar-refractivity contribution in [2.45, 2.75) is 12.5 Å². The van der Waals surface area contributed by atoms with Crippen molar-refractivity contribution in [3.63, 3.8) is 0 Å². The first-order valence-corrected chi connectivity index (χ1v) is 5.81. The summed E-state index contributed by atoms with van der Waals surface area (Å²) in [5, 5.41) is 18.7. The minimum Gasteiger partial charge on any atom is -0.512 e. The van der Waals surface area contributed by atoms with E-state index < -0.39 is 24.0 Å². The number of fused-ring (bicyclic) bond motifs is 1. The molecular formula is C11H11N5O4. The second-order valence-electron chi connectivity index (χ2n) is 4.44. The zero-order chi connectivity index (χ0) is 14.4. The average Bonchev–Trinajstić information content (AvgIpc) is 2.91. The van der Waals surface area contributed by atoms with Gasteiger partial charge in [0.15, 0.2) is 16.9 Å². The molecule has 9 heteroatoms. The number of carbonyl (C=O) groups excluding carboxylic acids is 1. The van der Waals surface area contributed by atoms with Gasteiger partial charge in [-0.05, 0) is 0 Å². The summed E-state index contributed by atoms with van der Waals surface area (Å²) in [5.74, 6) is -0.679. The number of hydrogen-bond acceptors (Lipinski definition) is 7. The number of nitrogens with one attached hydrogen (secondary N) is 1. The number of aromatic nitrogens is 4. The summed E-state index contributed by atoms with van der Waals surface area (Å²) >= 11 is 0. The lowest BCUT2D eigenvalue weighted by molar-refractivity contribution is -0.118. The van der Waals surface area contributed by atoms with Crippen LogP contribution in [0.15, 0.2) is 22.5 Å². The Hall–Kier alpha value is -2.68. The molecule has 0 amide bonds. The lowest BCUT2D eigenvalue weighted by atomic mass is 10.1. The summed E-state index contributed by atoms with van der Waals surface area (Å²) in [6.07, 6.45) is 1.32. The Morgan fingerprint density at radius 3 is 2.90 bits per heavy atom. The van der Waals surface area contributed by atoms with E-state index >= 15 is 0 Å². The third kappa shape index (κ3) is 1.60. The van der Waals surface area contributed by atoms with Crippen LogP contribution < -0.4 is 11.3 Å². The molecule has 20 heavy (non-hydrogen) atoms. The van der Waals surface area contributed by atoms with Crippen LogP contribution in [0.3, 0.4) is 0 Å². The SMILES string of the molecule is Nc1nc2c(ncn2[C@H]2CC(O)=C(CO)C2=O)c(=O)[nH]1. The van der Waals surface area contributed by atoms with Crippen LogP contribution in [0, 0.1) is 0 Å². The van der Waals surface area contributed by atoms with Gasteiger partial charge in [-0.1, -0.05) is 0 Å². The number of aromatic amines is 1. The van der Waals surface area contributed by atoms with Crippen LogP contribution in [-0.2, 0) is 4.79 Å². The Morgan fingerprint density at radius 1 is 1.50 bits per heavy atom. The second-order valence-corrected chi connectivity index (χ2v) is 4.44. The van der Waals surface area contributed by atoms with Crippen molar-refractivity contribution in [1.29, 1.82) is 0 Å². The number of allylic oxidation sites excluding steroid dienone is 1. The highest BCUT2D eigenvalue weighted by molar-refractivity contribution is 6.02. The molecule has 1 aliphatic rings. The quantitative estimate of drug-likeness (QED) is 0.551. The smallest absolute Gasteiger partial charge is 0.280 e. The molecule has 104 valence electrons. The van der Waals surface area contributed by atoms with Crippen molar-refractivity contribution in [1.82, 2.24) is 19.5 Å². The molecule has 2 heterocycles. The summed E-state index contributed by atoms with van der Waals surface area (Å²) in [6, 6.07) is -0.782. The molecule has 2 aromatic rings. The van der Waals surface area contributed by atoms with E-state index in [1.54, 1.807) is 0 Å². The van der Waals surface area contributed by atoms with Gasteiger partial charge in [0.05, 0.1) is 18.5 Å². The number of carbonyl (C=O) groups is 1. The van der Waals surface area contributed by atoms with Gasteiger partial charge in [-0.2, -0.15) is 4.98 Å². The molecule has 1 aliphatic carbocycles. The highest BCUT2D eigenvalue weighted by atomic mass is 16.3. The van der Waals surface area contributed by atoms with Gasteiger partial charge < -0.3 is 20.5 Å². The lowest BCUT2D eigenvalue weighted by Gasteiger charge is -2.10. The number of nitrogens with zero attached hydrogens (tertiary/aromatic N) is 3. The van der Waals surface area contributed by atoms with Crippen LogP contribution in [0.1, 0.15) is 12.5 Å². The normalized spacial score (nSPS) is 19.2. The number of nitrogens with two attached hydrogens (primary N) is 1. The number of nitrogen functional groups attached to an aromatic ring is 1.